The van der Waals surface area contributed by atoms with Crippen LogP contribution in [-0.4, -0.2) is 35.3 Å². The zero-order valence-electron chi connectivity index (χ0n) is 16.4. The number of nitrogen functional groups attached to an aromatic ring is 1. The number of hydrogen-bond acceptors (Lipinski definition) is 7. The van der Waals surface area contributed by atoms with Crippen molar-refractivity contribution in [2.75, 3.05) is 11.1 Å². The number of rotatable bonds is 5. The summed E-state index contributed by atoms with van der Waals surface area (Å²) >= 11 is 6.03. The van der Waals surface area contributed by atoms with Crippen molar-refractivity contribution in [3.63, 3.8) is 0 Å². The molecule has 0 atom stereocenters. The summed E-state index contributed by atoms with van der Waals surface area (Å²) in [6, 6.07) is 10.3. The Morgan fingerprint density at radius 2 is 2.10 bits per heavy atom. The van der Waals surface area contributed by atoms with Gasteiger partial charge in [-0.2, -0.15) is 9.61 Å². The zero-order chi connectivity index (χ0) is 21.5. The predicted molar refractivity (Wildman–Crippen MR) is 116 cm³/mol. The molecule has 0 aliphatic rings. The smallest absolute Gasteiger partial charge is 0.293 e. The number of nitrogens with two attached hydrogens (primary N) is 1. The molecule has 0 radical (unpaired) electrons. The molecule has 0 aliphatic carbocycles. The summed E-state index contributed by atoms with van der Waals surface area (Å²) in [4.78, 5) is 22.1. The SMILES string of the molecule is CCCn1nc2nc(C(=O)Nc3cccc(Cl)c3)n3nc(-c4ccco4)nc3c2c1N. The number of benzene rings is 1. The third kappa shape index (κ3) is 3.26. The third-order valence-corrected chi connectivity index (χ3v) is 4.91. The van der Waals surface area contributed by atoms with Crippen LogP contribution in [-0.2, 0) is 6.54 Å². The third-order valence-electron chi connectivity index (χ3n) is 4.68. The molecular weight excluding hydrogens is 420 g/mol. The lowest BCUT2D eigenvalue weighted by Gasteiger charge is -2.06. The van der Waals surface area contributed by atoms with Gasteiger partial charge in [-0.1, -0.05) is 24.6 Å². The topological polar surface area (TPSA) is 129 Å². The summed E-state index contributed by atoms with van der Waals surface area (Å²) in [5.41, 5.74) is 7.53. The lowest BCUT2D eigenvalue weighted by molar-refractivity contribution is 0.101. The van der Waals surface area contributed by atoms with E-state index in [0.29, 0.717) is 51.3 Å². The van der Waals surface area contributed by atoms with Gasteiger partial charge in [-0.3, -0.25) is 4.79 Å². The van der Waals surface area contributed by atoms with E-state index in [2.05, 4.69) is 25.5 Å². The first-order valence-corrected chi connectivity index (χ1v) is 9.96. The lowest BCUT2D eigenvalue weighted by Crippen LogP contribution is -2.19. The largest absolute Gasteiger partial charge is 0.461 e. The van der Waals surface area contributed by atoms with Crippen molar-refractivity contribution in [3.05, 3.63) is 53.5 Å². The molecule has 0 spiro atoms. The Labute approximate surface area is 180 Å². The second kappa shape index (κ2) is 7.40. The number of fused-ring (bicyclic) bond motifs is 3. The van der Waals surface area contributed by atoms with E-state index in [1.54, 1.807) is 41.1 Å². The Morgan fingerprint density at radius 3 is 2.84 bits per heavy atom. The van der Waals surface area contributed by atoms with Gasteiger partial charge in [0.05, 0.1) is 6.26 Å². The first kappa shape index (κ1) is 19.1. The van der Waals surface area contributed by atoms with Crippen LogP contribution in [0.25, 0.3) is 28.3 Å². The van der Waals surface area contributed by atoms with Gasteiger partial charge < -0.3 is 15.5 Å². The van der Waals surface area contributed by atoms with Gasteiger partial charge in [-0.05, 0) is 36.8 Å². The molecule has 4 heterocycles. The molecule has 1 aromatic carbocycles. The maximum absolute atomic E-state index is 13.1. The molecule has 0 fully saturated rings. The van der Waals surface area contributed by atoms with E-state index in [4.69, 9.17) is 21.8 Å². The maximum atomic E-state index is 13.1. The van der Waals surface area contributed by atoms with Crippen molar-refractivity contribution in [3.8, 4) is 11.6 Å². The molecule has 0 saturated heterocycles. The predicted octanol–water partition coefficient (Wildman–Crippen LogP) is 3.63. The second-order valence-corrected chi connectivity index (χ2v) is 7.29. The fraction of sp³-hybridized carbons (Fsp3) is 0.150. The van der Waals surface area contributed by atoms with Crippen LogP contribution in [0.3, 0.4) is 0 Å². The summed E-state index contributed by atoms with van der Waals surface area (Å²) in [5.74, 6) is 0.688. The fourth-order valence-corrected chi connectivity index (χ4v) is 3.51. The average Bonchev–Trinajstić information content (AvgIpc) is 3.47. The first-order valence-electron chi connectivity index (χ1n) is 9.58. The number of carbonyl (C=O) groups is 1. The van der Waals surface area contributed by atoms with E-state index in [0.717, 1.165) is 6.42 Å². The molecule has 0 bridgehead atoms. The van der Waals surface area contributed by atoms with E-state index in [1.165, 1.54) is 10.8 Å². The molecule has 11 heteroatoms. The number of furan rings is 1. The summed E-state index contributed by atoms with van der Waals surface area (Å²) < 4.78 is 8.42. The number of amides is 1. The van der Waals surface area contributed by atoms with E-state index in [1.807, 2.05) is 6.92 Å². The van der Waals surface area contributed by atoms with Crippen LogP contribution >= 0.6 is 11.6 Å². The highest BCUT2D eigenvalue weighted by atomic mass is 35.5. The minimum atomic E-state index is -0.492. The van der Waals surface area contributed by atoms with E-state index >= 15 is 0 Å². The first-order chi connectivity index (χ1) is 15.0. The Bertz CT molecular complexity index is 1420. The Morgan fingerprint density at radius 1 is 1.23 bits per heavy atom. The fourth-order valence-electron chi connectivity index (χ4n) is 3.32. The van der Waals surface area contributed by atoms with Crippen molar-refractivity contribution in [1.29, 1.82) is 0 Å². The van der Waals surface area contributed by atoms with Crippen LogP contribution in [0.4, 0.5) is 11.5 Å². The molecule has 1 amide bonds. The Kier molecular flexibility index (Phi) is 4.55. The molecule has 0 unspecified atom stereocenters. The van der Waals surface area contributed by atoms with Crippen LogP contribution in [0.1, 0.15) is 24.0 Å². The Balaban J connectivity index is 1.71. The zero-order valence-corrected chi connectivity index (χ0v) is 17.2. The van der Waals surface area contributed by atoms with E-state index in [-0.39, 0.29) is 5.82 Å². The number of nitrogens with zero attached hydrogens (tertiary/aromatic N) is 6. The molecule has 3 N–H and O–H groups in total. The molecule has 5 aromatic rings. The van der Waals surface area contributed by atoms with Crippen molar-refractivity contribution in [2.24, 2.45) is 0 Å². The van der Waals surface area contributed by atoms with Crippen molar-refractivity contribution in [1.82, 2.24) is 29.4 Å². The number of hydrogen-bond donors (Lipinski definition) is 2. The lowest BCUT2D eigenvalue weighted by atomic mass is 10.3. The van der Waals surface area contributed by atoms with Gasteiger partial charge in [-0.25, -0.2) is 14.6 Å². The summed E-state index contributed by atoms with van der Waals surface area (Å²) in [5, 5.41) is 12.7. The molecule has 156 valence electrons. The molecule has 31 heavy (non-hydrogen) atoms. The molecule has 4 aromatic heterocycles. The number of carbonyl (C=O) groups excluding carboxylic acids is 1. The van der Waals surface area contributed by atoms with Gasteiger partial charge in [0.1, 0.15) is 11.2 Å². The van der Waals surface area contributed by atoms with Crippen molar-refractivity contribution < 1.29 is 9.21 Å². The maximum Gasteiger partial charge on any atom is 0.293 e. The summed E-state index contributed by atoms with van der Waals surface area (Å²) in [7, 11) is 0. The molecular formula is C20H17ClN8O2. The number of aryl methyl sites for hydroxylation is 1. The normalized spacial score (nSPS) is 11.4. The second-order valence-electron chi connectivity index (χ2n) is 6.85. The van der Waals surface area contributed by atoms with Gasteiger partial charge in [0.15, 0.2) is 17.1 Å². The van der Waals surface area contributed by atoms with Crippen molar-refractivity contribution >= 4 is 45.7 Å². The van der Waals surface area contributed by atoms with Gasteiger partial charge in [0, 0.05) is 17.3 Å². The molecule has 0 aliphatic heterocycles. The van der Waals surface area contributed by atoms with Gasteiger partial charge in [0.25, 0.3) is 5.91 Å². The van der Waals surface area contributed by atoms with Crippen molar-refractivity contribution in [2.45, 2.75) is 19.9 Å². The quantitative estimate of drug-likeness (QED) is 0.430. The van der Waals surface area contributed by atoms with Gasteiger partial charge in [-0.15, -0.1) is 5.10 Å². The van der Waals surface area contributed by atoms with Crippen LogP contribution in [0.15, 0.2) is 47.1 Å². The molecule has 10 nitrogen and oxygen atoms in total. The van der Waals surface area contributed by atoms with Crippen LogP contribution in [0.2, 0.25) is 5.02 Å². The van der Waals surface area contributed by atoms with Gasteiger partial charge >= 0.3 is 0 Å². The number of nitrogens with one attached hydrogen (secondary N) is 1. The van der Waals surface area contributed by atoms with E-state index < -0.39 is 5.91 Å². The van der Waals surface area contributed by atoms with Crippen LogP contribution < -0.4 is 11.1 Å². The molecule has 5 rings (SSSR count). The summed E-state index contributed by atoms with van der Waals surface area (Å²) in [6.45, 7) is 2.63. The van der Waals surface area contributed by atoms with Gasteiger partial charge in [0.2, 0.25) is 11.6 Å². The van der Waals surface area contributed by atoms with Crippen LogP contribution in [0.5, 0.6) is 0 Å². The van der Waals surface area contributed by atoms with Crippen LogP contribution in [0, 0.1) is 0 Å². The summed E-state index contributed by atoms with van der Waals surface area (Å²) in [6.07, 6.45) is 2.36. The number of halogens is 1. The molecule has 0 saturated carbocycles. The highest BCUT2D eigenvalue weighted by Gasteiger charge is 2.24. The monoisotopic (exact) mass is 436 g/mol. The number of aromatic nitrogens is 6. The highest BCUT2D eigenvalue weighted by Crippen LogP contribution is 2.27. The highest BCUT2D eigenvalue weighted by molar-refractivity contribution is 6.31. The Hall–Kier alpha value is -3.92. The minimum absolute atomic E-state index is 0.00827. The minimum Gasteiger partial charge on any atom is -0.461 e. The van der Waals surface area contributed by atoms with E-state index in [9.17, 15) is 4.79 Å². The number of anilines is 2. The standard InChI is InChI=1S/C20H17ClN8O2/c1-2-8-28-15(22)14-17(26-28)25-19(20(30)23-12-6-3-5-11(21)10-12)29-18(14)24-16(27-29)13-7-4-9-31-13/h3-7,9-10H,2,8,22H2,1H3,(H,23,30). The average molecular weight is 437 g/mol.